The summed E-state index contributed by atoms with van der Waals surface area (Å²) in [7, 11) is -2.10. The minimum absolute atomic E-state index is 0.0109. The van der Waals surface area contributed by atoms with Crippen LogP contribution in [0.5, 0.6) is 5.75 Å². The third-order valence-corrected chi connectivity index (χ3v) is 6.02. The summed E-state index contributed by atoms with van der Waals surface area (Å²) in [6.07, 6.45) is 3.93. The number of halogens is 1. The second-order valence-corrected chi connectivity index (χ2v) is 10.6. The summed E-state index contributed by atoms with van der Waals surface area (Å²) in [5.74, 6) is -0.308. The van der Waals surface area contributed by atoms with E-state index >= 15 is 4.39 Å². The van der Waals surface area contributed by atoms with Gasteiger partial charge in [-0.15, -0.1) is 0 Å². The fourth-order valence-corrected chi connectivity index (χ4v) is 4.47. The van der Waals surface area contributed by atoms with E-state index in [1.54, 1.807) is 18.2 Å². The zero-order chi connectivity index (χ0) is 24.4. The highest BCUT2D eigenvalue weighted by Gasteiger charge is 2.29. The van der Waals surface area contributed by atoms with Crippen molar-refractivity contribution in [2.45, 2.75) is 44.8 Å². The smallest absolute Gasteiger partial charge is 0.274 e. The van der Waals surface area contributed by atoms with Crippen molar-refractivity contribution < 1.29 is 17.5 Å². The number of methoxy groups -OCH3 is 1. The van der Waals surface area contributed by atoms with Gasteiger partial charge in [0.05, 0.1) is 12.9 Å². The summed E-state index contributed by atoms with van der Waals surface area (Å²) in [6.45, 7) is 5.65. The summed E-state index contributed by atoms with van der Waals surface area (Å²) in [5, 5.41) is 5.10. The molecule has 0 saturated carbocycles. The summed E-state index contributed by atoms with van der Waals surface area (Å²) in [5.41, 5.74) is 1.78. The highest BCUT2D eigenvalue weighted by Crippen LogP contribution is 2.40. The molecule has 0 radical (unpaired) electrons. The Balaban J connectivity index is 2.03. The molecule has 0 fully saturated rings. The molecule has 0 bridgehead atoms. The molecule has 0 aliphatic heterocycles. The molecule has 0 amide bonds. The van der Waals surface area contributed by atoms with Crippen molar-refractivity contribution >= 4 is 10.0 Å². The van der Waals surface area contributed by atoms with Crippen LogP contribution in [0.2, 0.25) is 0 Å². The van der Waals surface area contributed by atoms with Crippen molar-refractivity contribution in [1.29, 1.82) is 0 Å². The van der Waals surface area contributed by atoms with Crippen molar-refractivity contribution in [3.05, 3.63) is 81.2 Å². The Morgan fingerprint density at radius 3 is 2.30 bits per heavy atom. The molecule has 0 atom stereocenters. The molecule has 0 saturated heterocycles. The van der Waals surface area contributed by atoms with Crippen LogP contribution in [-0.4, -0.2) is 25.5 Å². The van der Waals surface area contributed by atoms with Crippen LogP contribution >= 0.6 is 0 Å². The first-order chi connectivity index (χ1) is 15.4. The fraction of sp³-hybridized carbons (Fsp3) is 0.333. The number of hydrogen-bond donors (Lipinski definition) is 2. The zero-order valence-electron chi connectivity index (χ0n) is 19.1. The van der Waals surface area contributed by atoms with E-state index in [-0.39, 0.29) is 17.0 Å². The number of ether oxygens (including phenoxy) is 1. The number of aromatic nitrogens is 2. The Kier molecular flexibility index (Phi) is 7.04. The predicted molar refractivity (Wildman–Crippen MR) is 126 cm³/mol. The van der Waals surface area contributed by atoms with Crippen molar-refractivity contribution in [2.75, 3.05) is 7.11 Å². The number of sulfonamides is 1. The van der Waals surface area contributed by atoms with Crippen molar-refractivity contribution in [1.82, 2.24) is 9.97 Å². The summed E-state index contributed by atoms with van der Waals surface area (Å²) < 4.78 is 43.9. The molecular weight excluding hydrogens is 445 g/mol. The molecule has 3 aromatic rings. The van der Waals surface area contributed by atoms with E-state index < -0.39 is 26.8 Å². The van der Waals surface area contributed by atoms with Gasteiger partial charge in [0.1, 0.15) is 17.3 Å². The maximum Gasteiger partial charge on any atom is 0.274 e. The number of nitrogens with zero attached hydrogens (tertiary/aromatic N) is 1. The Labute approximate surface area is 192 Å². The van der Waals surface area contributed by atoms with Crippen molar-refractivity contribution in [3.8, 4) is 17.0 Å². The van der Waals surface area contributed by atoms with E-state index in [2.05, 4.69) is 9.97 Å². The zero-order valence-corrected chi connectivity index (χ0v) is 19.9. The Bertz CT molecular complexity index is 1310. The fourth-order valence-electron chi connectivity index (χ4n) is 3.82. The average Bonchev–Trinajstić information content (AvgIpc) is 2.72. The van der Waals surface area contributed by atoms with Crippen LogP contribution in [0.4, 0.5) is 4.39 Å². The van der Waals surface area contributed by atoms with Crippen molar-refractivity contribution in [2.24, 2.45) is 5.14 Å². The predicted octanol–water partition coefficient (Wildman–Crippen LogP) is 3.46. The first kappa shape index (κ1) is 24.6. The molecule has 7 nitrogen and oxygen atoms in total. The first-order valence-corrected chi connectivity index (χ1v) is 12.1. The number of nitrogens with one attached hydrogen (secondary N) is 1. The van der Waals surface area contributed by atoms with Gasteiger partial charge in [-0.2, -0.15) is 0 Å². The van der Waals surface area contributed by atoms with Crippen LogP contribution in [0.3, 0.4) is 0 Å². The van der Waals surface area contributed by atoms with Gasteiger partial charge < -0.3 is 9.72 Å². The van der Waals surface area contributed by atoms with Crippen LogP contribution < -0.4 is 15.4 Å². The Morgan fingerprint density at radius 1 is 1.12 bits per heavy atom. The lowest BCUT2D eigenvalue weighted by Gasteiger charge is -2.26. The molecule has 33 heavy (non-hydrogen) atoms. The van der Waals surface area contributed by atoms with Gasteiger partial charge in [0, 0.05) is 23.5 Å². The highest BCUT2D eigenvalue weighted by molar-refractivity contribution is 7.88. The number of primary sulfonamides is 1. The normalized spacial score (nSPS) is 12.1. The number of H-pyrrole nitrogens is 1. The van der Waals surface area contributed by atoms with E-state index in [1.807, 2.05) is 32.9 Å². The number of aromatic amines is 1. The monoisotopic (exact) mass is 473 g/mol. The van der Waals surface area contributed by atoms with E-state index in [9.17, 15) is 13.2 Å². The lowest BCUT2D eigenvalue weighted by Crippen LogP contribution is -2.19. The van der Waals surface area contributed by atoms with Gasteiger partial charge in [-0.25, -0.2) is 22.9 Å². The second-order valence-electron chi connectivity index (χ2n) is 8.95. The molecule has 176 valence electrons. The molecule has 2 aromatic carbocycles. The van der Waals surface area contributed by atoms with Gasteiger partial charge in [0.15, 0.2) is 0 Å². The van der Waals surface area contributed by atoms with E-state index in [0.29, 0.717) is 29.7 Å². The number of rotatable bonds is 7. The topological polar surface area (TPSA) is 115 Å². The molecule has 1 aromatic heterocycles. The van der Waals surface area contributed by atoms with Crippen LogP contribution in [0.1, 0.15) is 43.0 Å². The molecule has 0 aliphatic carbocycles. The summed E-state index contributed by atoms with van der Waals surface area (Å²) >= 11 is 0. The summed E-state index contributed by atoms with van der Waals surface area (Å²) in [4.78, 5) is 19.0. The molecular formula is C24H28FN3O4S. The van der Waals surface area contributed by atoms with Gasteiger partial charge in [0.2, 0.25) is 10.0 Å². The van der Waals surface area contributed by atoms with E-state index in [4.69, 9.17) is 9.88 Å². The molecule has 0 spiro atoms. The number of benzene rings is 2. The Morgan fingerprint density at radius 2 is 1.76 bits per heavy atom. The molecule has 3 N–H and O–H groups in total. The van der Waals surface area contributed by atoms with Gasteiger partial charge in [0.25, 0.3) is 5.56 Å². The quantitative estimate of drug-likeness (QED) is 0.545. The van der Waals surface area contributed by atoms with Crippen LogP contribution in [0.15, 0.2) is 47.5 Å². The van der Waals surface area contributed by atoms with E-state index in [0.717, 1.165) is 11.1 Å². The van der Waals surface area contributed by atoms with Crippen molar-refractivity contribution in [3.63, 3.8) is 0 Å². The standard InChI is InChI=1S/C24H28FN3O4S/c1-24(2,3)19-20(25)18(21-23(29)28-12-11-27-21)13-17(22(19)32-4)10-9-15-5-7-16(8-6-15)14-33(26,30)31/h5-8,11-13H,9-10,14H2,1-4H3,(H,28,29)(H2,26,30,31). The number of nitrogens with two attached hydrogens (primary N) is 1. The third kappa shape index (κ3) is 5.85. The molecule has 9 heteroatoms. The molecule has 3 rings (SSSR count). The minimum atomic E-state index is -3.60. The SMILES string of the molecule is COc1c(CCc2ccc(CS(N)(=O)=O)cc2)cc(-c2ncc[nH]c2=O)c(F)c1C(C)(C)C. The van der Waals surface area contributed by atoms with Gasteiger partial charge in [-0.1, -0.05) is 45.0 Å². The molecule has 1 heterocycles. The van der Waals surface area contributed by atoms with E-state index in [1.165, 1.54) is 19.5 Å². The number of aryl methyl sites for hydroxylation is 2. The summed E-state index contributed by atoms with van der Waals surface area (Å²) in [6, 6.07) is 8.75. The first-order valence-electron chi connectivity index (χ1n) is 10.4. The average molecular weight is 474 g/mol. The van der Waals surface area contributed by atoms with Crippen LogP contribution in [0, 0.1) is 5.82 Å². The van der Waals surface area contributed by atoms with Gasteiger partial charge in [-0.3, -0.25) is 4.79 Å². The number of hydrogen-bond acceptors (Lipinski definition) is 5. The lowest BCUT2D eigenvalue weighted by molar-refractivity contribution is 0.383. The molecule has 0 unspecified atom stereocenters. The maximum atomic E-state index is 15.7. The van der Waals surface area contributed by atoms with Gasteiger partial charge in [-0.05, 0) is 41.0 Å². The lowest BCUT2D eigenvalue weighted by atomic mass is 9.82. The van der Waals surface area contributed by atoms with Gasteiger partial charge >= 0.3 is 0 Å². The molecule has 0 aliphatic rings. The minimum Gasteiger partial charge on any atom is -0.496 e. The largest absolute Gasteiger partial charge is 0.496 e. The Hall–Kier alpha value is -3.04. The maximum absolute atomic E-state index is 15.7. The second kappa shape index (κ2) is 9.44. The van der Waals surface area contributed by atoms with Crippen LogP contribution in [-0.2, 0) is 34.0 Å². The third-order valence-electron chi connectivity index (χ3n) is 5.28. The highest BCUT2D eigenvalue weighted by atomic mass is 32.2. The van der Waals surface area contributed by atoms with Crippen LogP contribution in [0.25, 0.3) is 11.3 Å².